The molecule has 4 nitrogen and oxygen atoms in total. The first kappa shape index (κ1) is 17.7. The van der Waals surface area contributed by atoms with Crippen LogP contribution in [0.25, 0.3) is 0 Å². The zero-order chi connectivity index (χ0) is 17.0. The van der Waals surface area contributed by atoms with Gasteiger partial charge in [0.1, 0.15) is 5.41 Å². The first-order chi connectivity index (χ1) is 11.0. The van der Waals surface area contributed by atoms with E-state index in [-0.39, 0.29) is 24.7 Å². The fourth-order valence-electron chi connectivity index (χ4n) is 3.59. The molecule has 0 aromatic heterocycles. The summed E-state index contributed by atoms with van der Waals surface area (Å²) in [6.07, 6.45) is 2.50. The number of hydrogen-bond donors (Lipinski definition) is 1. The molecule has 1 aromatic rings. The van der Waals surface area contributed by atoms with Crippen molar-refractivity contribution in [2.75, 3.05) is 6.54 Å². The Morgan fingerprint density at radius 3 is 2.78 bits per heavy atom. The molecule has 0 saturated carbocycles. The topological polar surface area (TPSA) is 57.6 Å². The molecule has 0 aliphatic carbocycles. The SMILES string of the molecule is C=CCC1(C(=O)O)C(=O)CCN(Cc2ccccc2Cl)C1CC. The monoisotopic (exact) mass is 335 g/mol. The molecule has 0 spiro atoms. The van der Waals surface area contributed by atoms with Crippen LogP contribution in [0.3, 0.4) is 0 Å². The van der Waals surface area contributed by atoms with Gasteiger partial charge in [-0.2, -0.15) is 0 Å². The van der Waals surface area contributed by atoms with Gasteiger partial charge >= 0.3 is 5.97 Å². The van der Waals surface area contributed by atoms with Crippen LogP contribution in [0.1, 0.15) is 31.7 Å². The lowest BCUT2D eigenvalue weighted by Gasteiger charge is -2.46. The molecular weight excluding hydrogens is 314 g/mol. The van der Waals surface area contributed by atoms with Crippen LogP contribution in [-0.2, 0) is 16.1 Å². The van der Waals surface area contributed by atoms with Gasteiger partial charge in [0.25, 0.3) is 0 Å². The van der Waals surface area contributed by atoms with Crippen LogP contribution in [0.4, 0.5) is 0 Å². The molecule has 0 amide bonds. The van der Waals surface area contributed by atoms with Crippen LogP contribution in [0.5, 0.6) is 0 Å². The summed E-state index contributed by atoms with van der Waals surface area (Å²) in [6, 6.07) is 7.16. The molecule has 1 aliphatic heterocycles. The van der Waals surface area contributed by atoms with Crippen LogP contribution in [0.2, 0.25) is 5.02 Å². The number of carboxylic acid groups (broad SMARTS) is 1. The quantitative estimate of drug-likeness (QED) is 0.638. The van der Waals surface area contributed by atoms with Crippen LogP contribution in [0, 0.1) is 5.41 Å². The fraction of sp³-hybridized carbons (Fsp3) is 0.444. The van der Waals surface area contributed by atoms with Crippen LogP contribution in [0.15, 0.2) is 36.9 Å². The van der Waals surface area contributed by atoms with E-state index in [9.17, 15) is 14.7 Å². The Bertz CT molecular complexity index is 616. The van der Waals surface area contributed by atoms with Gasteiger partial charge in [-0.3, -0.25) is 14.5 Å². The van der Waals surface area contributed by atoms with Crippen molar-refractivity contribution in [1.82, 2.24) is 4.90 Å². The molecule has 2 atom stereocenters. The Morgan fingerprint density at radius 1 is 1.52 bits per heavy atom. The van der Waals surface area contributed by atoms with Gasteiger partial charge < -0.3 is 5.11 Å². The summed E-state index contributed by atoms with van der Waals surface area (Å²) in [5, 5.41) is 10.5. The number of halogens is 1. The van der Waals surface area contributed by atoms with Crippen molar-refractivity contribution in [3.05, 3.63) is 47.5 Å². The van der Waals surface area contributed by atoms with E-state index < -0.39 is 11.4 Å². The summed E-state index contributed by atoms with van der Waals surface area (Å²) in [7, 11) is 0. The lowest BCUT2D eigenvalue weighted by atomic mass is 9.68. The maximum absolute atomic E-state index is 12.5. The number of carbonyl (C=O) groups is 2. The van der Waals surface area contributed by atoms with Gasteiger partial charge in [-0.15, -0.1) is 6.58 Å². The second-order valence-corrected chi connectivity index (χ2v) is 6.34. The smallest absolute Gasteiger partial charge is 0.319 e. The number of benzene rings is 1. The summed E-state index contributed by atoms with van der Waals surface area (Å²) in [6.45, 7) is 6.66. The number of nitrogens with zero attached hydrogens (tertiary/aromatic N) is 1. The lowest BCUT2D eigenvalue weighted by molar-refractivity contribution is -0.164. The van der Waals surface area contributed by atoms with Crippen molar-refractivity contribution < 1.29 is 14.7 Å². The molecule has 2 unspecified atom stereocenters. The average molecular weight is 336 g/mol. The predicted octanol–water partition coefficient (Wildman–Crippen LogP) is 3.54. The minimum absolute atomic E-state index is 0.151. The summed E-state index contributed by atoms with van der Waals surface area (Å²) in [5.74, 6) is -1.26. The molecule has 5 heteroatoms. The highest BCUT2D eigenvalue weighted by molar-refractivity contribution is 6.31. The number of Topliss-reactive ketones (excluding diaryl/α,β-unsaturated/α-hetero) is 1. The molecule has 2 rings (SSSR count). The Kier molecular flexibility index (Phi) is 5.60. The number of allylic oxidation sites excluding steroid dienone is 1. The van der Waals surface area contributed by atoms with E-state index in [1.807, 2.05) is 31.2 Å². The first-order valence-corrected chi connectivity index (χ1v) is 8.20. The lowest BCUT2D eigenvalue weighted by Crippen LogP contribution is -2.60. The minimum atomic E-state index is -1.41. The number of ketones is 1. The van der Waals surface area contributed by atoms with Crippen molar-refractivity contribution >= 4 is 23.4 Å². The maximum Gasteiger partial charge on any atom is 0.319 e. The third-order valence-electron chi connectivity index (χ3n) is 4.70. The largest absolute Gasteiger partial charge is 0.480 e. The van der Waals surface area contributed by atoms with Crippen molar-refractivity contribution in [2.45, 2.75) is 38.8 Å². The highest BCUT2D eigenvalue weighted by Crippen LogP contribution is 2.40. The number of likely N-dealkylation sites (tertiary alicyclic amines) is 1. The molecule has 0 bridgehead atoms. The summed E-state index contributed by atoms with van der Waals surface area (Å²) >= 11 is 6.23. The van der Waals surface area contributed by atoms with Gasteiger partial charge in [0, 0.05) is 30.6 Å². The molecule has 1 fully saturated rings. The number of rotatable bonds is 6. The highest BCUT2D eigenvalue weighted by atomic mass is 35.5. The van der Waals surface area contributed by atoms with Crippen molar-refractivity contribution in [3.63, 3.8) is 0 Å². The summed E-state index contributed by atoms with van der Waals surface area (Å²) in [5.41, 5.74) is -0.462. The zero-order valence-corrected chi connectivity index (χ0v) is 14.1. The molecule has 23 heavy (non-hydrogen) atoms. The number of carbonyl (C=O) groups excluding carboxylic acids is 1. The van der Waals surface area contributed by atoms with E-state index >= 15 is 0 Å². The van der Waals surface area contributed by atoms with Crippen LogP contribution >= 0.6 is 11.6 Å². The average Bonchev–Trinajstić information content (AvgIpc) is 2.52. The Morgan fingerprint density at radius 2 is 2.22 bits per heavy atom. The van der Waals surface area contributed by atoms with Crippen molar-refractivity contribution in [2.24, 2.45) is 5.41 Å². The van der Waals surface area contributed by atoms with Gasteiger partial charge in [-0.05, 0) is 24.5 Å². The molecule has 1 aliphatic rings. The van der Waals surface area contributed by atoms with E-state index in [1.165, 1.54) is 6.08 Å². The number of hydrogen-bond acceptors (Lipinski definition) is 3. The van der Waals surface area contributed by atoms with Gasteiger partial charge in [0.2, 0.25) is 0 Å². The van der Waals surface area contributed by atoms with Gasteiger partial charge in [0.15, 0.2) is 5.78 Å². The van der Waals surface area contributed by atoms with Gasteiger partial charge in [-0.1, -0.05) is 42.8 Å². The molecule has 1 saturated heterocycles. The molecule has 0 radical (unpaired) electrons. The molecular formula is C18H22ClNO3. The second kappa shape index (κ2) is 7.28. The number of aliphatic carboxylic acids is 1. The molecule has 1 heterocycles. The zero-order valence-electron chi connectivity index (χ0n) is 13.3. The molecule has 124 valence electrons. The summed E-state index contributed by atoms with van der Waals surface area (Å²) in [4.78, 5) is 26.6. The minimum Gasteiger partial charge on any atom is -0.480 e. The third-order valence-corrected chi connectivity index (χ3v) is 5.07. The standard InChI is InChI=1S/C18H22ClNO3/c1-3-10-18(17(22)23)15(4-2)20(11-9-16(18)21)12-13-7-5-6-8-14(13)19/h3,5-8,15H,1,4,9-12H2,2H3,(H,22,23). The van der Waals surface area contributed by atoms with Crippen molar-refractivity contribution in [1.29, 1.82) is 0 Å². The second-order valence-electron chi connectivity index (χ2n) is 5.93. The van der Waals surface area contributed by atoms with Gasteiger partial charge in [0.05, 0.1) is 0 Å². The number of piperidine rings is 1. The van der Waals surface area contributed by atoms with E-state index in [2.05, 4.69) is 11.5 Å². The Balaban J connectivity index is 2.38. The number of carboxylic acids is 1. The van der Waals surface area contributed by atoms with E-state index in [4.69, 9.17) is 11.6 Å². The van der Waals surface area contributed by atoms with Gasteiger partial charge in [-0.25, -0.2) is 0 Å². The normalized spacial score (nSPS) is 25.3. The Hall–Kier alpha value is -1.65. The predicted molar refractivity (Wildman–Crippen MR) is 90.4 cm³/mol. The first-order valence-electron chi connectivity index (χ1n) is 7.82. The van der Waals surface area contributed by atoms with E-state index in [0.29, 0.717) is 24.5 Å². The van der Waals surface area contributed by atoms with E-state index in [0.717, 1.165) is 5.56 Å². The van der Waals surface area contributed by atoms with Crippen LogP contribution < -0.4 is 0 Å². The van der Waals surface area contributed by atoms with E-state index in [1.54, 1.807) is 0 Å². The maximum atomic E-state index is 12.5. The van der Waals surface area contributed by atoms with Crippen molar-refractivity contribution in [3.8, 4) is 0 Å². The fourth-order valence-corrected chi connectivity index (χ4v) is 3.79. The Labute approximate surface area is 141 Å². The molecule has 1 aromatic carbocycles. The molecule has 1 N–H and O–H groups in total. The van der Waals surface area contributed by atoms with Crippen LogP contribution in [-0.4, -0.2) is 34.3 Å². The highest BCUT2D eigenvalue weighted by Gasteiger charge is 2.54. The third kappa shape index (κ3) is 3.19. The summed E-state index contributed by atoms with van der Waals surface area (Å²) < 4.78 is 0.